The quantitative estimate of drug-likeness (QED) is 0.252. The maximum Gasteiger partial charge on any atom is 0.300 e. The predicted molar refractivity (Wildman–Crippen MR) is 136 cm³/mol. The number of nitrogens with zero attached hydrogens (tertiary/aromatic N) is 1. The number of amides is 1. The smallest absolute Gasteiger partial charge is 0.300 e. The number of benzene rings is 3. The average Bonchev–Trinajstić information content (AvgIpc) is 3.13. The minimum absolute atomic E-state index is 0.0303. The molecule has 35 heavy (non-hydrogen) atoms. The number of anilines is 1. The summed E-state index contributed by atoms with van der Waals surface area (Å²) in [5, 5.41) is 11.3. The van der Waals surface area contributed by atoms with Gasteiger partial charge in [0.2, 0.25) is 0 Å². The molecule has 1 heterocycles. The summed E-state index contributed by atoms with van der Waals surface area (Å²) in [6.45, 7) is 6.37. The van der Waals surface area contributed by atoms with E-state index in [2.05, 4.69) is 0 Å². The fourth-order valence-corrected chi connectivity index (χ4v) is 4.14. The molecule has 6 heteroatoms. The molecule has 1 aliphatic heterocycles. The Labute approximate surface area is 205 Å². The molecule has 180 valence electrons. The Morgan fingerprint density at radius 2 is 1.66 bits per heavy atom. The van der Waals surface area contributed by atoms with Gasteiger partial charge in [0, 0.05) is 17.3 Å². The normalized spacial score (nSPS) is 17.1. The van der Waals surface area contributed by atoms with Crippen molar-refractivity contribution in [1.82, 2.24) is 0 Å². The van der Waals surface area contributed by atoms with Crippen LogP contribution in [-0.4, -0.2) is 29.5 Å². The van der Waals surface area contributed by atoms with E-state index >= 15 is 0 Å². The van der Waals surface area contributed by atoms with E-state index in [1.54, 1.807) is 42.5 Å². The number of ether oxygens (including phenoxy) is 2. The van der Waals surface area contributed by atoms with Gasteiger partial charge in [0.15, 0.2) is 0 Å². The molecule has 0 bridgehead atoms. The van der Waals surface area contributed by atoms with Crippen LogP contribution in [0.3, 0.4) is 0 Å². The topological polar surface area (TPSA) is 76.1 Å². The maximum absolute atomic E-state index is 13.3. The standard InChI is InChI=1S/C29H29NO5/c1-4-16-34-23-14-9-13-22(18-23)30-26(20-10-6-5-7-11-20)25(28(32)29(30)33)27(31)21-12-8-15-24(17-21)35-19(2)3/h5-15,17-19,26,31H,4,16H2,1-3H3/b27-25+. The van der Waals surface area contributed by atoms with Crippen LogP contribution in [0.2, 0.25) is 0 Å². The van der Waals surface area contributed by atoms with Crippen molar-refractivity contribution in [3.63, 3.8) is 0 Å². The van der Waals surface area contributed by atoms with Crippen LogP contribution < -0.4 is 14.4 Å². The SMILES string of the molecule is CCCOc1cccc(N2C(=O)C(=O)/C(=C(/O)c3cccc(OC(C)C)c3)C2c2ccccc2)c1. The number of carbonyl (C=O) groups excluding carboxylic acids is 2. The van der Waals surface area contributed by atoms with Gasteiger partial charge in [-0.1, -0.05) is 55.5 Å². The number of hydrogen-bond donors (Lipinski definition) is 1. The summed E-state index contributed by atoms with van der Waals surface area (Å²) in [5.74, 6) is -0.520. The van der Waals surface area contributed by atoms with E-state index in [9.17, 15) is 14.7 Å². The van der Waals surface area contributed by atoms with Gasteiger partial charge in [-0.15, -0.1) is 0 Å². The Hall–Kier alpha value is -4.06. The highest BCUT2D eigenvalue weighted by molar-refractivity contribution is 6.51. The van der Waals surface area contributed by atoms with Crippen LogP contribution in [0.4, 0.5) is 5.69 Å². The van der Waals surface area contributed by atoms with Gasteiger partial charge in [-0.05, 0) is 50.1 Å². The van der Waals surface area contributed by atoms with Crippen LogP contribution in [0.5, 0.6) is 11.5 Å². The van der Waals surface area contributed by atoms with E-state index in [0.717, 1.165) is 6.42 Å². The molecule has 3 aromatic carbocycles. The average molecular weight is 472 g/mol. The number of hydrogen-bond acceptors (Lipinski definition) is 5. The molecule has 0 spiro atoms. The molecule has 1 N–H and O–H groups in total. The van der Waals surface area contributed by atoms with Crippen LogP contribution in [0.1, 0.15) is 44.4 Å². The van der Waals surface area contributed by atoms with Gasteiger partial charge in [0.1, 0.15) is 17.3 Å². The molecule has 0 saturated carbocycles. The second-order valence-corrected chi connectivity index (χ2v) is 8.62. The lowest BCUT2D eigenvalue weighted by Gasteiger charge is -2.26. The fraction of sp³-hybridized carbons (Fsp3) is 0.241. The van der Waals surface area contributed by atoms with Gasteiger partial charge in [-0.25, -0.2) is 0 Å². The van der Waals surface area contributed by atoms with Crippen molar-refractivity contribution in [3.05, 3.63) is 95.6 Å². The first-order valence-electron chi connectivity index (χ1n) is 11.8. The molecular weight excluding hydrogens is 442 g/mol. The Kier molecular flexibility index (Phi) is 7.20. The van der Waals surface area contributed by atoms with Crippen molar-refractivity contribution in [2.24, 2.45) is 0 Å². The molecule has 1 aliphatic rings. The molecule has 0 aromatic heterocycles. The number of carbonyl (C=O) groups is 2. The van der Waals surface area contributed by atoms with Crippen LogP contribution in [0.25, 0.3) is 5.76 Å². The molecule has 0 radical (unpaired) electrons. The largest absolute Gasteiger partial charge is 0.507 e. The fourth-order valence-electron chi connectivity index (χ4n) is 4.14. The molecule has 1 atom stereocenters. The third kappa shape index (κ3) is 5.06. The lowest BCUT2D eigenvalue weighted by molar-refractivity contribution is -0.132. The summed E-state index contributed by atoms with van der Waals surface area (Å²) in [4.78, 5) is 28.1. The molecular formula is C29H29NO5. The number of aliphatic hydroxyl groups excluding tert-OH is 1. The van der Waals surface area contributed by atoms with E-state index in [1.165, 1.54) is 4.90 Å². The zero-order valence-corrected chi connectivity index (χ0v) is 20.1. The molecule has 6 nitrogen and oxygen atoms in total. The summed E-state index contributed by atoms with van der Waals surface area (Å²) < 4.78 is 11.5. The third-order valence-electron chi connectivity index (χ3n) is 5.61. The number of aliphatic hydroxyl groups is 1. The van der Waals surface area contributed by atoms with Gasteiger partial charge < -0.3 is 14.6 Å². The second kappa shape index (κ2) is 10.5. The summed E-state index contributed by atoms with van der Waals surface area (Å²) in [5.41, 5.74) is 1.66. The highest BCUT2D eigenvalue weighted by atomic mass is 16.5. The van der Waals surface area contributed by atoms with Gasteiger partial charge >= 0.3 is 0 Å². The summed E-state index contributed by atoms with van der Waals surface area (Å²) in [6, 6.07) is 22.4. The third-order valence-corrected chi connectivity index (χ3v) is 5.61. The first kappa shape index (κ1) is 24.1. The molecule has 1 saturated heterocycles. The molecule has 4 rings (SSSR count). The van der Waals surface area contributed by atoms with Crippen molar-refractivity contribution in [2.75, 3.05) is 11.5 Å². The van der Waals surface area contributed by atoms with Crippen molar-refractivity contribution in [2.45, 2.75) is 39.3 Å². The van der Waals surface area contributed by atoms with Crippen molar-refractivity contribution in [1.29, 1.82) is 0 Å². The van der Waals surface area contributed by atoms with Crippen molar-refractivity contribution < 1.29 is 24.2 Å². The molecule has 3 aromatic rings. The summed E-state index contributed by atoms with van der Waals surface area (Å²) in [6.07, 6.45) is 0.794. The van der Waals surface area contributed by atoms with Crippen molar-refractivity contribution in [3.8, 4) is 11.5 Å². The van der Waals surface area contributed by atoms with Crippen LogP contribution in [0, 0.1) is 0 Å². The molecule has 1 amide bonds. The van der Waals surface area contributed by atoms with E-state index in [1.807, 2.05) is 57.2 Å². The first-order valence-corrected chi connectivity index (χ1v) is 11.8. The van der Waals surface area contributed by atoms with Gasteiger partial charge in [-0.3, -0.25) is 14.5 Å². The zero-order valence-electron chi connectivity index (χ0n) is 20.1. The summed E-state index contributed by atoms with van der Waals surface area (Å²) >= 11 is 0. The molecule has 1 fully saturated rings. The Balaban J connectivity index is 1.85. The highest BCUT2D eigenvalue weighted by Gasteiger charge is 2.47. The minimum atomic E-state index is -0.799. The van der Waals surface area contributed by atoms with Crippen LogP contribution in [-0.2, 0) is 9.59 Å². The molecule has 1 unspecified atom stereocenters. The summed E-state index contributed by atoms with van der Waals surface area (Å²) in [7, 11) is 0. The van der Waals surface area contributed by atoms with E-state index in [4.69, 9.17) is 9.47 Å². The Morgan fingerprint density at radius 1 is 0.943 bits per heavy atom. The first-order chi connectivity index (χ1) is 16.9. The highest BCUT2D eigenvalue weighted by Crippen LogP contribution is 2.43. The second-order valence-electron chi connectivity index (χ2n) is 8.62. The predicted octanol–water partition coefficient (Wildman–Crippen LogP) is 5.89. The number of rotatable bonds is 8. The van der Waals surface area contributed by atoms with E-state index in [-0.39, 0.29) is 17.4 Å². The van der Waals surface area contributed by atoms with Gasteiger partial charge in [-0.2, -0.15) is 0 Å². The van der Waals surface area contributed by atoms with E-state index in [0.29, 0.717) is 34.9 Å². The Morgan fingerprint density at radius 3 is 2.37 bits per heavy atom. The lowest BCUT2D eigenvalue weighted by atomic mass is 9.95. The van der Waals surface area contributed by atoms with Crippen molar-refractivity contribution >= 4 is 23.1 Å². The van der Waals surface area contributed by atoms with Crippen LogP contribution >= 0.6 is 0 Å². The van der Waals surface area contributed by atoms with Crippen LogP contribution in [0.15, 0.2) is 84.4 Å². The number of ketones is 1. The number of Topliss-reactive ketones (excluding diaryl/α,β-unsaturated/α-hetero) is 1. The van der Waals surface area contributed by atoms with E-state index < -0.39 is 17.7 Å². The lowest BCUT2D eigenvalue weighted by Crippen LogP contribution is -2.29. The minimum Gasteiger partial charge on any atom is -0.507 e. The maximum atomic E-state index is 13.3. The molecule has 0 aliphatic carbocycles. The van der Waals surface area contributed by atoms with Gasteiger partial charge in [0.05, 0.1) is 24.3 Å². The van der Waals surface area contributed by atoms with Gasteiger partial charge in [0.25, 0.3) is 11.7 Å². The monoisotopic (exact) mass is 471 g/mol. The zero-order chi connectivity index (χ0) is 24.9. The Bertz CT molecular complexity index is 1250.